The second-order valence-corrected chi connectivity index (χ2v) is 11.0. The van der Waals surface area contributed by atoms with Crippen LogP contribution in [0.3, 0.4) is 0 Å². The number of halogens is 1. The molecule has 0 saturated heterocycles. The summed E-state index contributed by atoms with van der Waals surface area (Å²) in [6.07, 6.45) is 0. The molecule has 0 amide bonds. The first kappa shape index (κ1) is 22.5. The molecule has 0 bridgehead atoms. The molecular formula is C38H23Br. The summed E-state index contributed by atoms with van der Waals surface area (Å²) >= 11 is 3.93. The highest BCUT2D eigenvalue weighted by Crippen LogP contribution is 2.46. The summed E-state index contributed by atoms with van der Waals surface area (Å²) in [6, 6.07) is 50.9. The summed E-state index contributed by atoms with van der Waals surface area (Å²) in [5.41, 5.74) is 5.11. The smallest absolute Gasteiger partial charge is 0.0332 e. The molecule has 39 heavy (non-hydrogen) atoms. The summed E-state index contributed by atoms with van der Waals surface area (Å²) < 4.78 is 1.16. The predicted molar refractivity (Wildman–Crippen MR) is 173 cm³/mol. The lowest BCUT2D eigenvalue weighted by Gasteiger charge is -2.19. The Labute approximate surface area is 235 Å². The minimum absolute atomic E-state index is 1.16. The Balaban J connectivity index is 1.53. The second kappa shape index (κ2) is 8.80. The molecule has 0 N–H and O–H groups in total. The SMILES string of the molecule is Brc1c2ccccc2cc2c1ccc1c(-c3c4ccccc4c(-c4ccccc4)c4ccccc34)cccc12. The number of rotatable bonds is 2. The van der Waals surface area contributed by atoms with Gasteiger partial charge < -0.3 is 0 Å². The van der Waals surface area contributed by atoms with Crippen LogP contribution in [0.25, 0.3) is 76.1 Å². The summed E-state index contributed by atoms with van der Waals surface area (Å²) in [4.78, 5) is 0. The van der Waals surface area contributed by atoms with Crippen LogP contribution >= 0.6 is 15.9 Å². The molecule has 0 aliphatic heterocycles. The van der Waals surface area contributed by atoms with Crippen molar-refractivity contribution in [3.63, 3.8) is 0 Å². The summed E-state index contributed by atoms with van der Waals surface area (Å²) in [6.45, 7) is 0. The predicted octanol–water partition coefficient (Wildman–Crippen LogP) is 11.5. The van der Waals surface area contributed by atoms with Crippen LogP contribution in [-0.2, 0) is 0 Å². The van der Waals surface area contributed by atoms with Gasteiger partial charge in [0.15, 0.2) is 0 Å². The largest absolute Gasteiger partial charge is 0.0622 e. The molecule has 0 heterocycles. The van der Waals surface area contributed by atoms with E-state index in [1.807, 2.05) is 0 Å². The van der Waals surface area contributed by atoms with Gasteiger partial charge in [0.2, 0.25) is 0 Å². The molecule has 1 heteroatoms. The molecule has 0 aromatic heterocycles. The van der Waals surface area contributed by atoms with Gasteiger partial charge >= 0.3 is 0 Å². The monoisotopic (exact) mass is 558 g/mol. The number of benzene rings is 8. The van der Waals surface area contributed by atoms with Gasteiger partial charge in [-0.25, -0.2) is 0 Å². The van der Waals surface area contributed by atoms with Crippen LogP contribution in [0.4, 0.5) is 0 Å². The van der Waals surface area contributed by atoms with Gasteiger partial charge in [0, 0.05) is 4.47 Å². The van der Waals surface area contributed by atoms with Gasteiger partial charge in [-0.3, -0.25) is 0 Å². The van der Waals surface area contributed by atoms with E-state index in [9.17, 15) is 0 Å². The van der Waals surface area contributed by atoms with Crippen LogP contribution < -0.4 is 0 Å². The van der Waals surface area contributed by atoms with Crippen LogP contribution in [0, 0.1) is 0 Å². The van der Waals surface area contributed by atoms with Gasteiger partial charge in [-0.1, -0.05) is 133 Å². The Morgan fingerprint density at radius 3 is 1.56 bits per heavy atom. The number of hydrogen-bond acceptors (Lipinski definition) is 0. The molecule has 0 saturated carbocycles. The first-order chi connectivity index (χ1) is 19.3. The first-order valence-corrected chi connectivity index (χ1v) is 14.1. The lowest BCUT2D eigenvalue weighted by molar-refractivity contribution is 1.66. The molecule has 0 nitrogen and oxygen atoms in total. The van der Waals surface area contributed by atoms with Gasteiger partial charge in [0.1, 0.15) is 0 Å². The van der Waals surface area contributed by atoms with E-state index in [0.717, 1.165) is 4.47 Å². The fraction of sp³-hybridized carbons (Fsp3) is 0. The minimum atomic E-state index is 1.16. The molecule has 0 radical (unpaired) electrons. The van der Waals surface area contributed by atoms with E-state index in [0.29, 0.717) is 0 Å². The van der Waals surface area contributed by atoms with E-state index in [2.05, 4.69) is 155 Å². The molecular weight excluding hydrogens is 536 g/mol. The van der Waals surface area contributed by atoms with E-state index in [1.165, 1.54) is 76.1 Å². The van der Waals surface area contributed by atoms with E-state index in [-0.39, 0.29) is 0 Å². The van der Waals surface area contributed by atoms with Crippen LogP contribution in [0.1, 0.15) is 0 Å². The van der Waals surface area contributed by atoms with Crippen LogP contribution in [0.15, 0.2) is 144 Å². The maximum atomic E-state index is 3.93. The Hall–Kier alpha value is -4.46. The van der Waals surface area contributed by atoms with E-state index >= 15 is 0 Å². The Morgan fingerprint density at radius 2 is 0.872 bits per heavy atom. The first-order valence-electron chi connectivity index (χ1n) is 13.3. The van der Waals surface area contributed by atoms with Crippen molar-refractivity contribution < 1.29 is 0 Å². The summed E-state index contributed by atoms with van der Waals surface area (Å²) in [5.74, 6) is 0. The van der Waals surface area contributed by atoms with Gasteiger partial charge in [0.25, 0.3) is 0 Å². The third-order valence-electron chi connectivity index (χ3n) is 8.10. The molecule has 0 atom stereocenters. The molecule has 182 valence electrons. The maximum Gasteiger partial charge on any atom is 0.0332 e. The summed E-state index contributed by atoms with van der Waals surface area (Å²) in [7, 11) is 0. The average molecular weight is 560 g/mol. The number of fused-ring (bicyclic) bond motifs is 6. The van der Waals surface area contributed by atoms with Crippen molar-refractivity contribution >= 4 is 69.8 Å². The Kier molecular flexibility index (Phi) is 5.08. The van der Waals surface area contributed by atoms with E-state index in [4.69, 9.17) is 0 Å². The van der Waals surface area contributed by atoms with Crippen LogP contribution in [-0.4, -0.2) is 0 Å². The summed E-state index contributed by atoms with van der Waals surface area (Å²) in [5, 5.41) is 12.7. The van der Waals surface area contributed by atoms with Gasteiger partial charge in [-0.05, 0) is 98.1 Å². The fourth-order valence-corrected chi connectivity index (χ4v) is 7.11. The van der Waals surface area contributed by atoms with Crippen molar-refractivity contribution in [3.8, 4) is 22.3 Å². The third-order valence-corrected chi connectivity index (χ3v) is 8.95. The van der Waals surface area contributed by atoms with Crippen LogP contribution in [0.2, 0.25) is 0 Å². The zero-order valence-electron chi connectivity index (χ0n) is 21.2. The van der Waals surface area contributed by atoms with Crippen molar-refractivity contribution in [2.45, 2.75) is 0 Å². The zero-order valence-corrected chi connectivity index (χ0v) is 22.7. The highest BCUT2D eigenvalue weighted by molar-refractivity contribution is 9.10. The second-order valence-electron chi connectivity index (χ2n) is 10.2. The third kappa shape index (κ3) is 3.37. The topological polar surface area (TPSA) is 0 Å². The fourth-order valence-electron chi connectivity index (χ4n) is 6.40. The average Bonchev–Trinajstić information content (AvgIpc) is 3.00. The van der Waals surface area contributed by atoms with Gasteiger partial charge in [-0.15, -0.1) is 0 Å². The van der Waals surface area contributed by atoms with Crippen LogP contribution in [0.5, 0.6) is 0 Å². The maximum absolute atomic E-state index is 3.93. The lowest BCUT2D eigenvalue weighted by Crippen LogP contribution is -1.92. The quantitative estimate of drug-likeness (QED) is 0.146. The highest BCUT2D eigenvalue weighted by Gasteiger charge is 2.18. The highest BCUT2D eigenvalue weighted by atomic mass is 79.9. The number of hydrogen-bond donors (Lipinski definition) is 0. The lowest BCUT2D eigenvalue weighted by atomic mass is 9.84. The molecule has 0 spiro atoms. The molecule has 8 aromatic carbocycles. The van der Waals surface area contributed by atoms with Crippen molar-refractivity contribution in [1.82, 2.24) is 0 Å². The molecule has 8 aromatic rings. The Morgan fingerprint density at radius 1 is 0.333 bits per heavy atom. The Bertz CT molecular complexity index is 2170. The van der Waals surface area contributed by atoms with Crippen molar-refractivity contribution in [2.75, 3.05) is 0 Å². The van der Waals surface area contributed by atoms with Crippen molar-refractivity contribution in [1.29, 1.82) is 0 Å². The molecule has 8 rings (SSSR count). The molecule has 0 aliphatic rings. The van der Waals surface area contributed by atoms with Gasteiger partial charge in [-0.2, -0.15) is 0 Å². The molecule has 0 unspecified atom stereocenters. The zero-order chi connectivity index (χ0) is 25.9. The van der Waals surface area contributed by atoms with Crippen molar-refractivity contribution in [3.05, 3.63) is 144 Å². The molecule has 0 aliphatic carbocycles. The molecule has 0 fully saturated rings. The van der Waals surface area contributed by atoms with Crippen molar-refractivity contribution in [2.24, 2.45) is 0 Å². The van der Waals surface area contributed by atoms with E-state index < -0.39 is 0 Å². The minimum Gasteiger partial charge on any atom is -0.0622 e. The van der Waals surface area contributed by atoms with E-state index in [1.54, 1.807) is 0 Å². The standard InChI is InChI=1S/C38H23Br/c39-38-26-14-5-4-13-25(26)23-35-27-19-10-20-29(28(27)21-22-34(35)38)37-32-17-8-6-15-30(32)36(24-11-2-1-3-12-24)31-16-7-9-18-33(31)37/h1-23H. The van der Waals surface area contributed by atoms with Gasteiger partial charge in [0.05, 0.1) is 0 Å². The normalized spacial score (nSPS) is 11.7.